The smallest absolute Gasteiger partial charge is 0.408 e. The Bertz CT molecular complexity index is 921. The summed E-state index contributed by atoms with van der Waals surface area (Å²) < 4.78 is 5.16. The van der Waals surface area contributed by atoms with Crippen molar-refractivity contribution >= 4 is 23.8 Å². The third kappa shape index (κ3) is 8.97. The Morgan fingerprint density at radius 2 is 1.88 bits per heavy atom. The second-order valence-corrected chi connectivity index (χ2v) is 8.60. The van der Waals surface area contributed by atoms with E-state index in [1.54, 1.807) is 32.9 Å². The molecule has 2 atom stereocenters. The van der Waals surface area contributed by atoms with Crippen molar-refractivity contribution in [2.24, 2.45) is 5.73 Å². The number of unbranched alkanes of at least 4 members (excludes halogenated alkanes) is 1. The lowest BCUT2D eigenvalue weighted by Crippen LogP contribution is -2.54. The van der Waals surface area contributed by atoms with Crippen LogP contribution in [0, 0.1) is 11.3 Å². The van der Waals surface area contributed by atoms with Crippen molar-refractivity contribution in [3.8, 4) is 11.8 Å². The number of phenolic OH excluding ortho intramolecular Hbond substituents is 1. The van der Waals surface area contributed by atoms with Gasteiger partial charge >= 0.3 is 6.09 Å². The number of nitriles is 1. The first kappa shape index (κ1) is 28.2. The molecule has 0 aliphatic rings. The van der Waals surface area contributed by atoms with Gasteiger partial charge in [-0.3, -0.25) is 14.4 Å². The average molecular weight is 476 g/mol. The highest BCUT2D eigenvalue weighted by Crippen LogP contribution is 2.29. The van der Waals surface area contributed by atoms with Gasteiger partial charge in [0.2, 0.25) is 17.7 Å². The number of carbonyl (C=O) groups excluding carboxylic acids is 4. The molecule has 0 saturated carbocycles. The van der Waals surface area contributed by atoms with E-state index in [0.29, 0.717) is 13.0 Å². The summed E-state index contributed by atoms with van der Waals surface area (Å²) in [6.07, 6.45) is -0.0838. The fourth-order valence-corrected chi connectivity index (χ4v) is 3.08. The SMILES string of the molecule is CCCCNC(=O)C(c1ccccc1O)N(CC#N)C(=O)C(CC(N)=O)NC(=O)OC(C)(C)C. The van der Waals surface area contributed by atoms with Crippen LogP contribution in [0.3, 0.4) is 0 Å². The van der Waals surface area contributed by atoms with Gasteiger partial charge in [0.15, 0.2) is 0 Å². The van der Waals surface area contributed by atoms with Crippen LogP contribution in [0.5, 0.6) is 5.75 Å². The van der Waals surface area contributed by atoms with Crippen LogP contribution in [0.2, 0.25) is 0 Å². The molecule has 5 N–H and O–H groups in total. The summed E-state index contributed by atoms with van der Waals surface area (Å²) in [5.74, 6) is -2.70. The van der Waals surface area contributed by atoms with Gasteiger partial charge in [0.25, 0.3) is 0 Å². The number of nitrogens with zero attached hydrogens (tertiary/aromatic N) is 2. The molecule has 11 nitrogen and oxygen atoms in total. The van der Waals surface area contributed by atoms with Crippen LogP contribution in [0.25, 0.3) is 0 Å². The molecule has 11 heteroatoms. The number of carbonyl (C=O) groups is 4. The van der Waals surface area contributed by atoms with Crippen molar-refractivity contribution in [2.75, 3.05) is 13.1 Å². The number of ether oxygens (including phenoxy) is 1. The number of alkyl carbamates (subject to hydrolysis) is 1. The summed E-state index contributed by atoms with van der Waals surface area (Å²) in [7, 11) is 0. The van der Waals surface area contributed by atoms with E-state index in [0.717, 1.165) is 11.3 Å². The minimum Gasteiger partial charge on any atom is -0.508 e. The molecular weight excluding hydrogens is 442 g/mol. The quantitative estimate of drug-likeness (QED) is 0.277. The summed E-state index contributed by atoms with van der Waals surface area (Å²) in [5, 5.41) is 24.8. The minimum atomic E-state index is -1.50. The standard InChI is InChI=1S/C23H33N5O6/c1-5-6-12-26-20(31)19(15-9-7-8-10-17(15)29)28(13-11-24)21(32)16(14-18(25)30)27-22(33)34-23(2,3)4/h7-10,16,19,29H,5-6,12-14H2,1-4H3,(H2,25,30)(H,26,31)(H,27,33). The Morgan fingerprint density at radius 3 is 2.41 bits per heavy atom. The lowest BCUT2D eigenvalue weighted by molar-refractivity contribution is -0.142. The van der Waals surface area contributed by atoms with Crippen LogP contribution in [0.4, 0.5) is 4.79 Å². The number of hydrogen-bond donors (Lipinski definition) is 4. The molecule has 2 unspecified atom stereocenters. The molecule has 1 aromatic rings. The van der Waals surface area contributed by atoms with Crippen molar-refractivity contribution < 1.29 is 29.0 Å². The highest BCUT2D eigenvalue weighted by molar-refractivity contribution is 5.94. The summed E-state index contributed by atoms with van der Waals surface area (Å²) in [6.45, 7) is 6.55. The summed E-state index contributed by atoms with van der Waals surface area (Å²) in [6, 6.07) is 4.82. The predicted octanol–water partition coefficient (Wildman–Crippen LogP) is 1.47. The van der Waals surface area contributed by atoms with Crippen LogP contribution in [-0.4, -0.2) is 58.6 Å². The number of hydrogen-bond acceptors (Lipinski definition) is 7. The predicted molar refractivity (Wildman–Crippen MR) is 123 cm³/mol. The molecule has 34 heavy (non-hydrogen) atoms. The largest absolute Gasteiger partial charge is 0.508 e. The Balaban J connectivity index is 3.41. The molecule has 0 saturated heterocycles. The zero-order valence-corrected chi connectivity index (χ0v) is 20.0. The van der Waals surface area contributed by atoms with Gasteiger partial charge < -0.3 is 31.1 Å². The van der Waals surface area contributed by atoms with E-state index in [2.05, 4.69) is 10.6 Å². The van der Waals surface area contributed by atoms with Gasteiger partial charge in [-0.05, 0) is 33.3 Å². The molecule has 0 radical (unpaired) electrons. The van der Waals surface area contributed by atoms with Gasteiger partial charge in [0.1, 0.15) is 30.0 Å². The van der Waals surface area contributed by atoms with E-state index in [1.165, 1.54) is 12.1 Å². The number of aromatic hydroxyl groups is 1. The molecule has 0 aliphatic carbocycles. The summed E-state index contributed by atoms with van der Waals surface area (Å²) >= 11 is 0. The summed E-state index contributed by atoms with van der Waals surface area (Å²) in [4.78, 5) is 51.4. The molecule has 0 spiro atoms. The maximum absolute atomic E-state index is 13.5. The monoisotopic (exact) mass is 475 g/mol. The fraction of sp³-hybridized carbons (Fsp3) is 0.522. The van der Waals surface area contributed by atoms with Gasteiger partial charge in [0.05, 0.1) is 12.5 Å². The van der Waals surface area contributed by atoms with Gasteiger partial charge in [-0.1, -0.05) is 31.5 Å². The lowest BCUT2D eigenvalue weighted by atomic mass is 10.0. The average Bonchev–Trinajstić information content (AvgIpc) is 2.72. The second kappa shape index (κ2) is 13.0. The third-order valence-corrected chi connectivity index (χ3v) is 4.54. The zero-order valence-electron chi connectivity index (χ0n) is 20.0. The Kier molecular flexibility index (Phi) is 10.8. The third-order valence-electron chi connectivity index (χ3n) is 4.54. The summed E-state index contributed by atoms with van der Waals surface area (Å²) in [5.41, 5.74) is 4.47. The number of nitrogens with one attached hydrogen (secondary N) is 2. The first-order chi connectivity index (χ1) is 15.9. The molecule has 0 fully saturated rings. The van der Waals surface area contributed by atoms with E-state index in [-0.39, 0.29) is 11.3 Å². The maximum atomic E-state index is 13.5. The molecule has 0 heterocycles. The first-order valence-electron chi connectivity index (χ1n) is 10.9. The van der Waals surface area contributed by atoms with E-state index in [4.69, 9.17) is 10.5 Å². The second-order valence-electron chi connectivity index (χ2n) is 8.60. The number of para-hydroxylation sites is 1. The molecule has 0 aromatic heterocycles. The van der Waals surface area contributed by atoms with Crippen LogP contribution >= 0.6 is 0 Å². The minimum absolute atomic E-state index is 0.0789. The molecule has 186 valence electrons. The molecule has 1 aromatic carbocycles. The van der Waals surface area contributed by atoms with Crippen LogP contribution in [0.1, 0.15) is 58.6 Å². The Hall–Kier alpha value is -3.81. The van der Waals surface area contributed by atoms with Crippen molar-refractivity contribution in [3.63, 3.8) is 0 Å². The maximum Gasteiger partial charge on any atom is 0.408 e. The number of nitrogens with two attached hydrogens (primary N) is 1. The lowest BCUT2D eigenvalue weighted by Gasteiger charge is -2.32. The van der Waals surface area contributed by atoms with Crippen molar-refractivity contribution in [1.82, 2.24) is 15.5 Å². The molecule has 0 aliphatic heterocycles. The van der Waals surface area contributed by atoms with Crippen LogP contribution < -0.4 is 16.4 Å². The van der Waals surface area contributed by atoms with Crippen LogP contribution in [0.15, 0.2) is 24.3 Å². The van der Waals surface area contributed by atoms with Gasteiger partial charge in [-0.25, -0.2) is 4.79 Å². The fourth-order valence-electron chi connectivity index (χ4n) is 3.08. The topological polar surface area (TPSA) is 175 Å². The van der Waals surface area contributed by atoms with E-state index >= 15 is 0 Å². The first-order valence-corrected chi connectivity index (χ1v) is 10.9. The van der Waals surface area contributed by atoms with Crippen molar-refractivity contribution in [1.29, 1.82) is 5.26 Å². The normalized spacial score (nSPS) is 12.6. The number of amides is 4. The molecule has 1 rings (SSSR count). The molecular formula is C23H33N5O6. The highest BCUT2D eigenvalue weighted by Gasteiger charge is 2.37. The van der Waals surface area contributed by atoms with Gasteiger partial charge in [-0.15, -0.1) is 0 Å². The van der Waals surface area contributed by atoms with Crippen molar-refractivity contribution in [3.05, 3.63) is 29.8 Å². The highest BCUT2D eigenvalue weighted by atomic mass is 16.6. The van der Waals surface area contributed by atoms with E-state index < -0.39 is 54.5 Å². The number of primary amides is 1. The number of benzene rings is 1. The molecule has 4 amide bonds. The number of phenols is 1. The van der Waals surface area contributed by atoms with E-state index in [1.807, 2.05) is 13.0 Å². The zero-order chi connectivity index (χ0) is 25.9. The molecule has 0 bridgehead atoms. The van der Waals surface area contributed by atoms with Gasteiger partial charge in [-0.2, -0.15) is 5.26 Å². The van der Waals surface area contributed by atoms with Crippen LogP contribution in [-0.2, 0) is 19.1 Å². The number of rotatable bonds is 11. The van der Waals surface area contributed by atoms with Crippen molar-refractivity contribution in [2.45, 2.75) is 64.6 Å². The van der Waals surface area contributed by atoms with E-state index in [9.17, 15) is 29.5 Å². The Labute approximate surface area is 199 Å². The Morgan fingerprint density at radius 1 is 1.24 bits per heavy atom. The van der Waals surface area contributed by atoms with Gasteiger partial charge in [0, 0.05) is 12.1 Å².